The third-order valence-electron chi connectivity index (χ3n) is 11.8. The van der Waals surface area contributed by atoms with E-state index in [1.165, 1.54) is 38.0 Å². The Hall–Kier alpha value is -7.95. The first kappa shape index (κ1) is 33.2. The first-order valence-corrected chi connectivity index (χ1v) is 20.0. The van der Waals surface area contributed by atoms with Crippen molar-refractivity contribution >= 4 is 65.2 Å². The second kappa shape index (κ2) is 13.3. The van der Waals surface area contributed by atoms with Crippen molar-refractivity contribution < 1.29 is 0 Å². The summed E-state index contributed by atoms with van der Waals surface area (Å²) in [6.07, 6.45) is 0. The van der Waals surface area contributed by atoms with Crippen LogP contribution in [0.4, 0.5) is 0 Å². The van der Waals surface area contributed by atoms with Crippen LogP contribution in [-0.4, -0.2) is 19.5 Å². The molecule has 3 heterocycles. The molecular weight excluding hydrogens is 717 g/mol. The van der Waals surface area contributed by atoms with Gasteiger partial charge >= 0.3 is 0 Å². The van der Waals surface area contributed by atoms with Crippen molar-refractivity contribution in [3.05, 3.63) is 206 Å². The molecule has 4 heteroatoms. The summed E-state index contributed by atoms with van der Waals surface area (Å²) in [5.41, 5.74) is 12.6. The van der Waals surface area contributed by atoms with Crippen LogP contribution in [0.5, 0.6) is 0 Å². The molecule has 0 amide bonds. The fourth-order valence-corrected chi connectivity index (χ4v) is 9.04. The molecule has 0 atom stereocenters. The molecule has 4 nitrogen and oxygen atoms in total. The van der Waals surface area contributed by atoms with E-state index in [0.717, 1.165) is 72.1 Å². The molecule has 0 fully saturated rings. The summed E-state index contributed by atoms with van der Waals surface area (Å²) in [5, 5.41) is 9.44. The van der Waals surface area contributed by atoms with Crippen LogP contribution in [0, 0.1) is 0 Å². The van der Waals surface area contributed by atoms with Crippen molar-refractivity contribution in [3.63, 3.8) is 0 Å². The van der Waals surface area contributed by atoms with Gasteiger partial charge < -0.3 is 4.57 Å². The highest BCUT2D eigenvalue weighted by Crippen LogP contribution is 2.41. The molecule has 12 aromatic rings. The minimum atomic E-state index is 0.697. The summed E-state index contributed by atoms with van der Waals surface area (Å²) in [5.74, 6) is 0.697. The minimum Gasteiger partial charge on any atom is -0.309 e. The molecule has 0 aliphatic carbocycles. The SMILES string of the molecule is c1ccc(-c2nc(-c3ccc(-c4nc5c(-c6ccc(-n7c8ccccc8c8ccccc87)cc6)cccc5c5c4ccc4ccccc45)cc3)nc3ccccc23)cc1. The number of hydrogen-bond acceptors (Lipinski definition) is 3. The van der Waals surface area contributed by atoms with Gasteiger partial charge in [-0.25, -0.2) is 15.0 Å². The molecule has 0 unspecified atom stereocenters. The van der Waals surface area contributed by atoms with Crippen LogP contribution >= 0.6 is 0 Å². The quantitative estimate of drug-likeness (QED) is 0.165. The zero-order valence-electron chi connectivity index (χ0n) is 31.9. The Morgan fingerprint density at radius 3 is 1.66 bits per heavy atom. The largest absolute Gasteiger partial charge is 0.309 e. The van der Waals surface area contributed by atoms with Gasteiger partial charge in [-0.05, 0) is 46.7 Å². The van der Waals surface area contributed by atoms with Crippen LogP contribution < -0.4 is 0 Å². The van der Waals surface area contributed by atoms with Crippen LogP contribution in [0.25, 0.3) is 116 Å². The average Bonchev–Trinajstić information content (AvgIpc) is 3.65. The van der Waals surface area contributed by atoms with Gasteiger partial charge in [0.2, 0.25) is 0 Å². The van der Waals surface area contributed by atoms with Gasteiger partial charge in [-0.3, -0.25) is 0 Å². The summed E-state index contributed by atoms with van der Waals surface area (Å²) < 4.78 is 2.36. The Morgan fingerprint density at radius 1 is 0.322 bits per heavy atom. The van der Waals surface area contributed by atoms with Crippen LogP contribution in [0.15, 0.2) is 206 Å². The molecule has 274 valence electrons. The maximum absolute atomic E-state index is 5.57. The van der Waals surface area contributed by atoms with Gasteiger partial charge in [0, 0.05) is 60.3 Å². The Kier molecular flexibility index (Phi) is 7.50. The number of aromatic nitrogens is 4. The second-order valence-electron chi connectivity index (χ2n) is 15.1. The number of nitrogens with zero attached hydrogens (tertiary/aromatic N) is 4. The van der Waals surface area contributed by atoms with Gasteiger partial charge in [0.25, 0.3) is 0 Å². The fraction of sp³-hybridized carbons (Fsp3) is 0. The predicted molar refractivity (Wildman–Crippen MR) is 246 cm³/mol. The Bertz CT molecular complexity index is 3530. The van der Waals surface area contributed by atoms with Gasteiger partial charge in [-0.15, -0.1) is 0 Å². The van der Waals surface area contributed by atoms with E-state index in [1.54, 1.807) is 0 Å². The van der Waals surface area contributed by atoms with E-state index in [1.807, 2.05) is 18.2 Å². The van der Waals surface area contributed by atoms with Gasteiger partial charge in [0.15, 0.2) is 5.82 Å². The number of fused-ring (bicyclic) bond motifs is 9. The predicted octanol–water partition coefficient (Wildman–Crippen LogP) is 14.2. The van der Waals surface area contributed by atoms with Gasteiger partial charge in [0.1, 0.15) is 0 Å². The lowest BCUT2D eigenvalue weighted by molar-refractivity contribution is 1.18. The molecule has 0 aliphatic heterocycles. The lowest BCUT2D eigenvalue weighted by Crippen LogP contribution is -1.96. The van der Waals surface area contributed by atoms with Crippen LogP contribution in [0.2, 0.25) is 0 Å². The summed E-state index contributed by atoms with van der Waals surface area (Å²) in [6, 6.07) is 73.2. The van der Waals surface area contributed by atoms with E-state index in [0.29, 0.717) is 5.82 Å². The smallest absolute Gasteiger partial charge is 0.160 e. The Balaban J connectivity index is 1.02. The maximum Gasteiger partial charge on any atom is 0.160 e. The number of pyridine rings is 1. The standard InChI is InChI=1S/C55H34N4/c1-2-14-37(15-3-1)52-45-19-6-9-22-48(45)56-55(58-52)39-27-25-38(26-28-39)53-47-34-31-35-13-4-5-16-41(35)51(47)46-21-12-20-42(54(46)57-53)36-29-32-40(33-30-36)59-49-23-10-7-17-43(49)44-18-8-11-24-50(44)59/h1-34H. The van der Waals surface area contributed by atoms with Crippen molar-refractivity contribution in [2.75, 3.05) is 0 Å². The minimum absolute atomic E-state index is 0.697. The first-order valence-electron chi connectivity index (χ1n) is 20.0. The third-order valence-corrected chi connectivity index (χ3v) is 11.8. The normalized spacial score (nSPS) is 11.7. The summed E-state index contributed by atoms with van der Waals surface area (Å²) in [4.78, 5) is 15.7. The van der Waals surface area contributed by atoms with Gasteiger partial charge in [-0.1, -0.05) is 176 Å². The van der Waals surface area contributed by atoms with E-state index in [9.17, 15) is 0 Å². The number of rotatable bonds is 5. The Morgan fingerprint density at radius 2 is 0.898 bits per heavy atom. The fourth-order valence-electron chi connectivity index (χ4n) is 9.04. The third kappa shape index (κ3) is 5.34. The Labute approximate surface area is 340 Å². The van der Waals surface area contributed by atoms with Crippen molar-refractivity contribution in [1.29, 1.82) is 0 Å². The highest BCUT2D eigenvalue weighted by atomic mass is 15.0. The molecule has 0 spiro atoms. The molecule has 9 aromatic carbocycles. The summed E-state index contributed by atoms with van der Waals surface area (Å²) in [6.45, 7) is 0. The molecule has 0 radical (unpaired) electrons. The lowest BCUT2D eigenvalue weighted by Gasteiger charge is -2.16. The molecule has 0 bridgehead atoms. The van der Waals surface area contributed by atoms with Crippen molar-refractivity contribution in [2.24, 2.45) is 0 Å². The average molecular weight is 751 g/mol. The molecule has 0 aliphatic rings. The second-order valence-corrected chi connectivity index (χ2v) is 15.1. The maximum atomic E-state index is 5.57. The molecule has 0 N–H and O–H groups in total. The van der Waals surface area contributed by atoms with E-state index in [2.05, 4.69) is 193 Å². The molecule has 59 heavy (non-hydrogen) atoms. The van der Waals surface area contributed by atoms with E-state index in [-0.39, 0.29) is 0 Å². The first-order chi connectivity index (χ1) is 29.3. The molecule has 0 saturated heterocycles. The van der Waals surface area contributed by atoms with Crippen LogP contribution in [0.1, 0.15) is 0 Å². The van der Waals surface area contributed by atoms with E-state index >= 15 is 0 Å². The van der Waals surface area contributed by atoms with Crippen molar-refractivity contribution in [3.8, 4) is 50.7 Å². The van der Waals surface area contributed by atoms with E-state index < -0.39 is 0 Å². The topological polar surface area (TPSA) is 43.6 Å². The zero-order chi connectivity index (χ0) is 38.9. The number of para-hydroxylation sites is 4. The molecule has 12 rings (SSSR count). The molecule has 3 aromatic heterocycles. The van der Waals surface area contributed by atoms with E-state index in [4.69, 9.17) is 15.0 Å². The van der Waals surface area contributed by atoms with Gasteiger partial charge in [0.05, 0.1) is 33.5 Å². The summed E-state index contributed by atoms with van der Waals surface area (Å²) in [7, 11) is 0. The van der Waals surface area contributed by atoms with Gasteiger partial charge in [-0.2, -0.15) is 0 Å². The highest BCUT2D eigenvalue weighted by molar-refractivity contribution is 6.24. The zero-order valence-corrected chi connectivity index (χ0v) is 31.9. The van der Waals surface area contributed by atoms with Crippen molar-refractivity contribution in [2.45, 2.75) is 0 Å². The van der Waals surface area contributed by atoms with Crippen LogP contribution in [-0.2, 0) is 0 Å². The highest BCUT2D eigenvalue weighted by Gasteiger charge is 2.18. The lowest BCUT2D eigenvalue weighted by atomic mass is 9.92. The number of hydrogen-bond donors (Lipinski definition) is 0. The van der Waals surface area contributed by atoms with Crippen LogP contribution in [0.3, 0.4) is 0 Å². The monoisotopic (exact) mass is 750 g/mol. The molecule has 0 saturated carbocycles. The summed E-state index contributed by atoms with van der Waals surface area (Å²) >= 11 is 0. The molecular formula is C55H34N4. The number of benzene rings is 9. The van der Waals surface area contributed by atoms with Crippen molar-refractivity contribution in [1.82, 2.24) is 19.5 Å².